The maximum atomic E-state index is 12.9. The van der Waals surface area contributed by atoms with Crippen molar-refractivity contribution in [1.82, 2.24) is 0 Å². The smallest absolute Gasteiger partial charge is 0.258 e. The molecule has 0 atom stereocenters. The van der Waals surface area contributed by atoms with Crippen LogP contribution in [-0.4, -0.2) is 25.1 Å². The minimum absolute atomic E-state index is 0.00433. The van der Waals surface area contributed by atoms with Crippen LogP contribution >= 0.6 is 0 Å². The highest BCUT2D eigenvalue weighted by Gasteiger charge is 2.32. The van der Waals surface area contributed by atoms with Gasteiger partial charge in [0.2, 0.25) is 0 Å². The lowest BCUT2D eigenvalue weighted by molar-refractivity contribution is 0.0981. The van der Waals surface area contributed by atoms with Gasteiger partial charge in [0.15, 0.2) is 0 Å². The van der Waals surface area contributed by atoms with Crippen LogP contribution in [0.3, 0.4) is 0 Å². The molecule has 114 valence electrons. The molecule has 1 aliphatic rings. The van der Waals surface area contributed by atoms with E-state index in [1.54, 1.807) is 19.2 Å². The number of nitrogens with one attached hydrogen (secondary N) is 1. The number of anilines is 2. The summed E-state index contributed by atoms with van der Waals surface area (Å²) < 4.78 is 5.15. The van der Waals surface area contributed by atoms with Crippen molar-refractivity contribution in [2.24, 2.45) is 0 Å². The summed E-state index contributed by atoms with van der Waals surface area (Å²) in [5.74, 6) is 0.752. The lowest BCUT2D eigenvalue weighted by atomic mass is 9.98. The number of rotatable bonds is 2. The van der Waals surface area contributed by atoms with Crippen molar-refractivity contribution in [2.45, 2.75) is 19.4 Å². The summed E-state index contributed by atoms with van der Waals surface area (Å²) in [5.41, 5.74) is 2.40. The number of carbonyl (C=O) groups is 1. The summed E-state index contributed by atoms with van der Waals surface area (Å²) >= 11 is 0. The Balaban J connectivity index is 1.97. The lowest BCUT2D eigenvalue weighted by Crippen LogP contribution is -2.50. The van der Waals surface area contributed by atoms with Gasteiger partial charge in [-0.3, -0.25) is 4.79 Å². The Hall–Kier alpha value is -2.49. The van der Waals surface area contributed by atoms with E-state index < -0.39 is 0 Å². The van der Waals surface area contributed by atoms with E-state index in [0.29, 0.717) is 12.1 Å². The minimum atomic E-state index is -0.170. The second-order valence-corrected chi connectivity index (χ2v) is 6.15. The normalized spacial score (nSPS) is 15.7. The van der Waals surface area contributed by atoms with E-state index >= 15 is 0 Å². The quantitative estimate of drug-likeness (QED) is 0.921. The number of fused-ring (bicyclic) bond motifs is 1. The van der Waals surface area contributed by atoms with E-state index in [2.05, 4.69) is 19.2 Å². The number of amides is 1. The molecule has 0 saturated heterocycles. The molecule has 0 bridgehead atoms. The van der Waals surface area contributed by atoms with Gasteiger partial charge >= 0.3 is 0 Å². The number of hydrogen-bond donors (Lipinski definition) is 1. The van der Waals surface area contributed by atoms with Crippen molar-refractivity contribution in [1.29, 1.82) is 0 Å². The monoisotopic (exact) mass is 296 g/mol. The van der Waals surface area contributed by atoms with E-state index in [1.807, 2.05) is 41.3 Å². The van der Waals surface area contributed by atoms with Crippen LogP contribution in [0.4, 0.5) is 11.4 Å². The van der Waals surface area contributed by atoms with Crippen LogP contribution in [0, 0.1) is 0 Å². The average Bonchev–Trinajstić information content (AvgIpc) is 2.52. The van der Waals surface area contributed by atoms with Crippen molar-refractivity contribution >= 4 is 17.3 Å². The van der Waals surface area contributed by atoms with Gasteiger partial charge in [-0.1, -0.05) is 12.1 Å². The standard InChI is InChI=1S/C18H20N2O2/c1-18(2)12-20(16-7-5-4-6-15(16)19-18)17(21)13-8-10-14(22-3)11-9-13/h4-11,19H,12H2,1-3H3. The number of para-hydroxylation sites is 2. The number of ether oxygens (including phenoxy) is 1. The molecule has 1 aliphatic heterocycles. The zero-order valence-corrected chi connectivity index (χ0v) is 13.1. The zero-order valence-electron chi connectivity index (χ0n) is 13.1. The van der Waals surface area contributed by atoms with E-state index in [9.17, 15) is 4.79 Å². The molecule has 0 saturated carbocycles. The van der Waals surface area contributed by atoms with Crippen LogP contribution in [0.1, 0.15) is 24.2 Å². The van der Waals surface area contributed by atoms with Gasteiger partial charge in [0.05, 0.1) is 18.5 Å². The number of hydrogen-bond acceptors (Lipinski definition) is 3. The first-order chi connectivity index (χ1) is 10.5. The molecule has 2 aromatic rings. The van der Waals surface area contributed by atoms with E-state index in [0.717, 1.165) is 17.1 Å². The van der Waals surface area contributed by atoms with Gasteiger partial charge in [0.25, 0.3) is 5.91 Å². The largest absolute Gasteiger partial charge is 0.497 e. The molecule has 1 heterocycles. The molecular formula is C18H20N2O2. The average molecular weight is 296 g/mol. The summed E-state index contributed by atoms with van der Waals surface area (Å²) in [6, 6.07) is 15.1. The fraction of sp³-hybridized carbons (Fsp3) is 0.278. The molecule has 2 aromatic carbocycles. The van der Waals surface area contributed by atoms with Gasteiger partial charge in [-0.15, -0.1) is 0 Å². The van der Waals surface area contributed by atoms with Crippen LogP contribution in [-0.2, 0) is 0 Å². The third-order valence-electron chi connectivity index (χ3n) is 3.80. The van der Waals surface area contributed by atoms with Gasteiger partial charge in [0, 0.05) is 17.6 Å². The Labute approximate surface area is 130 Å². The predicted molar refractivity (Wildman–Crippen MR) is 88.8 cm³/mol. The van der Waals surface area contributed by atoms with Crippen LogP contribution in [0.2, 0.25) is 0 Å². The maximum Gasteiger partial charge on any atom is 0.258 e. The molecule has 0 aromatic heterocycles. The fourth-order valence-electron chi connectivity index (χ4n) is 2.77. The van der Waals surface area contributed by atoms with Crippen molar-refractivity contribution in [3.8, 4) is 5.75 Å². The molecule has 4 heteroatoms. The molecule has 0 radical (unpaired) electrons. The lowest BCUT2D eigenvalue weighted by Gasteiger charge is -2.40. The van der Waals surface area contributed by atoms with Crippen molar-refractivity contribution in [3.05, 3.63) is 54.1 Å². The summed E-state index contributed by atoms with van der Waals surface area (Å²) in [5, 5.41) is 3.48. The van der Waals surface area contributed by atoms with Gasteiger partial charge < -0.3 is 15.0 Å². The molecule has 4 nitrogen and oxygen atoms in total. The van der Waals surface area contributed by atoms with Crippen molar-refractivity contribution < 1.29 is 9.53 Å². The van der Waals surface area contributed by atoms with Crippen molar-refractivity contribution in [3.63, 3.8) is 0 Å². The number of nitrogens with zero attached hydrogens (tertiary/aromatic N) is 1. The Kier molecular flexibility index (Phi) is 3.53. The Morgan fingerprint density at radius 3 is 2.50 bits per heavy atom. The first-order valence-electron chi connectivity index (χ1n) is 7.33. The SMILES string of the molecule is COc1ccc(C(=O)N2CC(C)(C)Nc3ccccc32)cc1. The third kappa shape index (κ3) is 2.64. The molecule has 1 amide bonds. The molecule has 0 fully saturated rings. The Morgan fingerprint density at radius 2 is 1.82 bits per heavy atom. The molecule has 0 aliphatic carbocycles. The highest BCUT2D eigenvalue weighted by atomic mass is 16.5. The highest BCUT2D eigenvalue weighted by Crippen LogP contribution is 2.35. The summed E-state index contributed by atoms with van der Waals surface area (Å²) in [6.07, 6.45) is 0. The van der Waals surface area contributed by atoms with Crippen LogP contribution in [0.25, 0.3) is 0 Å². The van der Waals surface area contributed by atoms with E-state index in [-0.39, 0.29) is 11.4 Å². The van der Waals surface area contributed by atoms with Crippen LogP contribution < -0.4 is 15.0 Å². The summed E-state index contributed by atoms with van der Waals surface area (Å²) in [4.78, 5) is 14.7. The minimum Gasteiger partial charge on any atom is -0.497 e. The van der Waals surface area contributed by atoms with Gasteiger partial charge in [-0.2, -0.15) is 0 Å². The molecule has 0 spiro atoms. The molecule has 1 N–H and O–H groups in total. The van der Waals surface area contributed by atoms with E-state index in [4.69, 9.17) is 4.74 Å². The fourth-order valence-corrected chi connectivity index (χ4v) is 2.77. The Bertz CT molecular complexity index is 692. The zero-order chi connectivity index (χ0) is 15.7. The van der Waals surface area contributed by atoms with Crippen molar-refractivity contribution in [2.75, 3.05) is 23.9 Å². The first-order valence-corrected chi connectivity index (χ1v) is 7.33. The van der Waals surface area contributed by atoms with Crippen LogP contribution in [0.5, 0.6) is 5.75 Å². The molecule has 22 heavy (non-hydrogen) atoms. The van der Waals surface area contributed by atoms with Gasteiger partial charge in [-0.05, 0) is 50.2 Å². The third-order valence-corrected chi connectivity index (χ3v) is 3.80. The maximum absolute atomic E-state index is 12.9. The summed E-state index contributed by atoms with van der Waals surface area (Å²) in [7, 11) is 1.62. The second-order valence-electron chi connectivity index (χ2n) is 6.15. The van der Waals surface area contributed by atoms with Gasteiger partial charge in [-0.25, -0.2) is 0 Å². The van der Waals surface area contributed by atoms with Crippen LogP contribution in [0.15, 0.2) is 48.5 Å². The molecule has 3 rings (SSSR count). The van der Waals surface area contributed by atoms with Gasteiger partial charge in [0.1, 0.15) is 5.75 Å². The number of benzene rings is 2. The number of carbonyl (C=O) groups excluding carboxylic acids is 1. The van der Waals surface area contributed by atoms with E-state index in [1.165, 1.54) is 0 Å². The molecular weight excluding hydrogens is 276 g/mol. The number of methoxy groups -OCH3 is 1. The predicted octanol–water partition coefficient (Wildman–Crippen LogP) is 3.55. The Morgan fingerprint density at radius 1 is 1.14 bits per heavy atom. The highest BCUT2D eigenvalue weighted by molar-refractivity contribution is 6.08. The molecule has 0 unspecified atom stereocenters. The second kappa shape index (κ2) is 5.37. The first kappa shape index (κ1) is 14.4. The summed E-state index contributed by atoms with van der Waals surface area (Å²) in [6.45, 7) is 4.81. The topological polar surface area (TPSA) is 41.6 Å².